The van der Waals surface area contributed by atoms with Gasteiger partial charge in [0, 0.05) is 37.1 Å². The number of hydrogen-bond donors (Lipinski definition) is 3. The Morgan fingerprint density at radius 2 is 2.00 bits per heavy atom. The smallest absolute Gasteiger partial charge is 0.444 e. The molecule has 1 aromatic carbocycles. The number of anilines is 3. The molecule has 0 radical (unpaired) electrons. The van der Waals surface area contributed by atoms with E-state index < -0.39 is 18.0 Å². The molecular formula is C25H27F2N5O5S. The summed E-state index contributed by atoms with van der Waals surface area (Å²) in [6.07, 6.45) is -1.13. The number of carbonyl (C=O) groups excluding carboxylic acids is 2. The lowest BCUT2D eigenvalue weighted by Gasteiger charge is -2.34. The van der Waals surface area contributed by atoms with Gasteiger partial charge in [-0.05, 0) is 51.8 Å². The average molecular weight is 548 g/mol. The highest BCUT2D eigenvalue weighted by molar-refractivity contribution is 7.21. The quantitative estimate of drug-likeness (QED) is 0.413. The van der Waals surface area contributed by atoms with Crippen LogP contribution in [0.15, 0.2) is 30.5 Å². The molecule has 202 valence electrons. The number of hydrogen-bond acceptors (Lipinski definition) is 9. The second-order valence-electron chi connectivity index (χ2n) is 10.1. The molecule has 10 nitrogen and oxygen atoms in total. The zero-order valence-corrected chi connectivity index (χ0v) is 21.8. The van der Waals surface area contributed by atoms with E-state index >= 15 is 0 Å². The highest BCUT2D eigenvalue weighted by Crippen LogP contribution is 2.44. The van der Waals surface area contributed by atoms with E-state index in [1.165, 1.54) is 12.1 Å². The van der Waals surface area contributed by atoms with Gasteiger partial charge >= 0.3 is 12.4 Å². The zero-order valence-electron chi connectivity index (χ0n) is 21.0. The van der Waals surface area contributed by atoms with Crippen LogP contribution in [0.1, 0.15) is 43.3 Å². The highest BCUT2D eigenvalue weighted by Gasteiger charge is 2.43. The number of rotatable bonds is 4. The fourth-order valence-electron chi connectivity index (χ4n) is 4.34. The monoisotopic (exact) mass is 547 g/mol. The number of aromatic nitrogens is 1. The van der Waals surface area contributed by atoms with Gasteiger partial charge in [0.15, 0.2) is 11.5 Å². The van der Waals surface area contributed by atoms with E-state index in [0.29, 0.717) is 46.0 Å². The summed E-state index contributed by atoms with van der Waals surface area (Å²) >= 11 is 1.14. The molecule has 13 heteroatoms. The number of alkyl halides is 2. The van der Waals surface area contributed by atoms with Gasteiger partial charge in [-0.3, -0.25) is 4.79 Å². The maximum atomic E-state index is 13.4. The van der Waals surface area contributed by atoms with Crippen molar-refractivity contribution >= 4 is 50.6 Å². The van der Waals surface area contributed by atoms with Crippen LogP contribution in [0.3, 0.4) is 0 Å². The van der Waals surface area contributed by atoms with Crippen LogP contribution < -0.4 is 25.8 Å². The minimum Gasteiger partial charge on any atom is -0.444 e. The lowest BCUT2D eigenvalue weighted by molar-refractivity contribution is -0.286. The van der Waals surface area contributed by atoms with Crippen molar-refractivity contribution in [2.75, 3.05) is 24.1 Å². The summed E-state index contributed by atoms with van der Waals surface area (Å²) < 4.78 is 41.2. The Morgan fingerprint density at radius 3 is 2.76 bits per heavy atom. The molecule has 4 N–H and O–H groups in total. The van der Waals surface area contributed by atoms with Crippen molar-refractivity contribution in [1.82, 2.24) is 15.2 Å². The van der Waals surface area contributed by atoms with Gasteiger partial charge in [-0.2, -0.15) is 0 Å². The molecule has 2 amide bonds. The number of nitrogens with zero attached hydrogens (tertiary/aromatic N) is 2. The fourth-order valence-corrected chi connectivity index (χ4v) is 5.33. The molecule has 1 fully saturated rings. The van der Waals surface area contributed by atoms with E-state index in [1.807, 2.05) is 0 Å². The van der Waals surface area contributed by atoms with Crippen LogP contribution in [-0.4, -0.2) is 52.9 Å². The molecule has 0 aliphatic carbocycles. The normalized spacial score (nSPS) is 18.3. The molecule has 4 heterocycles. The van der Waals surface area contributed by atoms with Crippen LogP contribution in [0.4, 0.5) is 30.6 Å². The Morgan fingerprint density at radius 1 is 1.24 bits per heavy atom. The van der Waals surface area contributed by atoms with Crippen molar-refractivity contribution in [3.05, 3.63) is 35.3 Å². The second-order valence-corrected chi connectivity index (χ2v) is 11.1. The van der Waals surface area contributed by atoms with Gasteiger partial charge in [0.1, 0.15) is 15.3 Å². The molecule has 2 aromatic heterocycles. The number of fused-ring (bicyclic) bond motifs is 2. The molecule has 0 saturated carbocycles. The van der Waals surface area contributed by atoms with Crippen molar-refractivity contribution < 1.29 is 32.6 Å². The van der Waals surface area contributed by atoms with E-state index in [1.54, 1.807) is 44.0 Å². The molecule has 2 aliphatic heterocycles. The summed E-state index contributed by atoms with van der Waals surface area (Å²) in [4.78, 5) is 32.4. The van der Waals surface area contributed by atoms with E-state index in [-0.39, 0.29) is 29.1 Å². The van der Waals surface area contributed by atoms with E-state index in [2.05, 4.69) is 25.1 Å². The van der Waals surface area contributed by atoms with E-state index in [4.69, 9.17) is 10.5 Å². The van der Waals surface area contributed by atoms with Crippen LogP contribution in [0.25, 0.3) is 10.2 Å². The molecule has 2 aliphatic rings. The Bertz CT molecular complexity index is 1410. The molecule has 1 atom stereocenters. The maximum Gasteiger partial charge on any atom is 0.586 e. The Balaban J connectivity index is 1.32. The summed E-state index contributed by atoms with van der Waals surface area (Å²) in [5.74, 6) is -0.531. The first kappa shape index (κ1) is 25.8. The van der Waals surface area contributed by atoms with Gasteiger partial charge in [-0.15, -0.1) is 20.1 Å². The van der Waals surface area contributed by atoms with Gasteiger partial charge in [-0.25, -0.2) is 9.78 Å². The first-order valence-corrected chi connectivity index (χ1v) is 12.8. The Hall–Kier alpha value is -3.87. The third-order valence-corrected chi connectivity index (χ3v) is 7.04. The highest BCUT2D eigenvalue weighted by atomic mass is 32.1. The fraction of sp³-hybridized carbons (Fsp3) is 0.400. The molecule has 0 spiro atoms. The summed E-state index contributed by atoms with van der Waals surface area (Å²) in [7, 11) is 0. The number of carbonyl (C=O) groups is 2. The van der Waals surface area contributed by atoms with Crippen LogP contribution in [0.5, 0.6) is 11.5 Å². The number of ether oxygens (including phenoxy) is 3. The number of thiophene rings is 1. The predicted molar refractivity (Wildman–Crippen MR) is 138 cm³/mol. The van der Waals surface area contributed by atoms with Crippen LogP contribution in [-0.2, 0) is 4.74 Å². The third kappa shape index (κ3) is 5.37. The van der Waals surface area contributed by atoms with Crippen molar-refractivity contribution in [3.8, 4) is 11.5 Å². The zero-order chi connectivity index (χ0) is 27.2. The van der Waals surface area contributed by atoms with Crippen molar-refractivity contribution in [2.24, 2.45) is 0 Å². The van der Waals surface area contributed by atoms with Crippen molar-refractivity contribution in [1.29, 1.82) is 0 Å². The number of nitrogen functional groups attached to an aromatic ring is 1. The van der Waals surface area contributed by atoms with E-state index in [0.717, 1.165) is 17.8 Å². The number of benzene rings is 1. The minimum atomic E-state index is -3.72. The Labute approximate surface area is 221 Å². The number of pyridine rings is 1. The lowest BCUT2D eigenvalue weighted by Crippen LogP contribution is -2.50. The number of halogens is 2. The topological polar surface area (TPSA) is 128 Å². The van der Waals surface area contributed by atoms with Crippen molar-refractivity contribution in [2.45, 2.75) is 51.6 Å². The maximum absolute atomic E-state index is 13.4. The van der Waals surface area contributed by atoms with E-state index in [9.17, 15) is 18.4 Å². The molecule has 0 bridgehead atoms. The number of likely N-dealkylation sites (tertiary alicyclic amines) is 1. The van der Waals surface area contributed by atoms with Gasteiger partial charge in [0.05, 0.1) is 16.8 Å². The third-order valence-electron chi connectivity index (χ3n) is 5.92. The molecule has 38 heavy (non-hydrogen) atoms. The molecule has 1 saturated heterocycles. The SMILES string of the molecule is CC(C)(C)OC(=O)N1CCCC(NC(=O)c2sc3nccc(Nc4ccc5c(c4)OC(F)(F)O5)c3c2N)C1. The summed E-state index contributed by atoms with van der Waals surface area (Å²) in [6.45, 7) is 6.31. The first-order chi connectivity index (χ1) is 17.9. The van der Waals surface area contributed by atoms with Crippen molar-refractivity contribution in [3.63, 3.8) is 0 Å². The first-order valence-electron chi connectivity index (χ1n) is 12.0. The number of nitrogens with one attached hydrogen (secondary N) is 2. The van der Waals surface area contributed by atoms with Gasteiger partial charge < -0.3 is 35.5 Å². The summed E-state index contributed by atoms with van der Waals surface area (Å²) in [5, 5.41) is 6.65. The van der Waals surface area contributed by atoms with Gasteiger partial charge in [0.25, 0.3) is 5.91 Å². The van der Waals surface area contributed by atoms with Crippen LogP contribution in [0.2, 0.25) is 0 Å². The average Bonchev–Trinajstić information content (AvgIpc) is 3.33. The van der Waals surface area contributed by atoms with Gasteiger partial charge in [0.2, 0.25) is 0 Å². The number of amides is 2. The minimum absolute atomic E-state index is 0.0672. The summed E-state index contributed by atoms with van der Waals surface area (Å²) in [5.41, 5.74) is 7.05. The molecule has 5 rings (SSSR count). The molecular weight excluding hydrogens is 520 g/mol. The predicted octanol–water partition coefficient (Wildman–Crippen LogP) is 5.07. The van der Waals surface area contributed by atoms with Gasteiger partial charge in [-0.1, -0.05) is 0 Å². The lowest BCUT2D eigenvalue weighted by atomic mass is 10.1. The second kappa shape index (κ2) is 9.46. The molecule has 3 aromatic rings. The number of nitrogens with two attached hydrogens (primary N) is 1. The molecule has 1 unspecified atom stereocenters. The Kier molecular flexibility index (Phi) is 6.41. The van der Waals surface area contributed by atoms with Crippen LogP contribution in [0, 0.1) is 0 Å². The summed E-state index contributed by atoms with van der Waals surface area (Å²) in [6, 6.07) is 5.73. The van der Waals surface area contributed by atoms with Crippen LogP contribution >= 0.6 is 11.3 Å². The number of piperidine rings is 1. The largest absolute Gasteiger partial charge is 0.586 e. The standard InChI is InChI=1S/C25H27F2N5O5S/c1-24(2,3)37-23(34)32-10-4-5-14(12-32)31-21(33)20-19(28)18-15(8-9-29-22(18)38-20)30-13-6-7-16-17(11-13)36-25(26,27)35-16/h6-9,11,14H,4-5,10,12,28H2,1-3H3,(H,29,30)(H,31,33).